The average Bonchev–Trinajstić information content (AvgIpc) is 2.78. The van der Waals surface area contributed by atoms with Gasteiger partial charge in [-0.25, -0.2) is 22.5 Å². The molecule has 0 saturated carbocycles. The number of carbonyl (C=O) groups is 1. The van der Waals surface area contributed by atoms with E-state index in [0.717, 1.165) is 5.56 Å². The van der Waals surface area contributed by atoms with Crippen LogP contribution in [-0.4, -0.2) is 30.9 Å². The Kier molecular flexibility index (Phi) is 6.33. The van der Waals surface area contributed by atoms with Crippen molar-refractivity contribution in [3.05, 3.63) is 89.5 Å². The minimum atomic E-state index is -3.94. The third-order valence-electron chi connectivity index (χ3n) is 5.77. The number of primary amides is 1. The Balaban J connectivity index is 1.61. The molecule has 10 heteroatoms. The van der Waals surface area contributed by atoms with Crippen LogP contribution in [-0.2, 0) is 14.8 Å². The third-order valence-corrected chi connectivity index (χ3v) is 7.69. The zero-order valence-corrected chi connectivity index (χ0v) is 20.2. The average molecular weight is 497 g/mol. The number of ether oxygens (including phenoxy) is 1. The summed E-state index contributed by atoms with van der Waals surface area (Å²) in [5, 5.41) is -1.04. The number of amides is 1. The van der Waals surface area contributed by atoms with Crippen molar-refractivity contribution in [2.24, 2.45) is 10.7 Å². The van der Waals surface area contributed by atoms with Gasteiger partial charge in [-0.1, -0.05) is 42.5 Å². The Bertz CT molecular complexity index is 1400. The highest BCUT2D eigenvalue weighted by molar-refractivity contribution is 7.90. The Labute approximate surface area is 203 Å². The summed E-state index contributed by atoms with van der Waals surface area (Å²) in [5.41, 5.74) is 6.67. The van der Waals surface area contributed by atoms with Crippen LogP contribution in [0.1, 0.15) is 53.5 Å². The van der Waals surface area contributed by atoms with E-state index in [4.69, 9.17) is 10.5 Å². The van der Waals surface area contributed by atoms with E-state index in [9.17, 15) is 17.6 Å². The van der Waals surface area contributed by atoms with E-state index in [-0.39, 0.29) is 11.6 Å². The highest BCUT2D eigenvalue weighted by Crippen LogP contribution is 2.39. The molecule has 1 aliphatic heterocycles. The fourth-order valence-electron chi connectivity index (χ4n) is 4.15. The van der Waals surface area contributed by atoms with Crippen molar-refractivity contribution < 1.29 is 22.3 Å². The van der Waals surface area contributed by atoms with E-state index in [1.165, 1.54) is 12.3 Å². The summed E-state index contributed by atoms with van der Waals surface area (Å²) in [6, 6.07) is 13.8. The van der Waals surface area contributed by atoms with E-state index >= 15 is 0 Å². The van der Waals surface area contributed by atoms with Crippen LogP contribution >= 0.6 is 0 Å². The second kappa shape index (κ2) is 9.10. The first-order valence-electron chi connectivity index (χ1n) is 10.9. The molecule has 1 saturated heterocycles. The summed E-state index contributed by atoms with van der Waals surface area (Å²) >= 11 is 0. The predicted octanol–water partition coefficient (Wildman–Crippen LogP) is 3.87. The lowest BCUT2D eigenvalue weighted by molar-refractivity contribution is 0.0761. The van der Waals surface area contributed by atoms with Crippen molar-refractivity contribution in [1.29, 1.82) is 0 Å². The molecule has 3 N–H and O–H groups in total. The van der Waals surface area contributed by atoms with Gasteiger partial charge in [0.2, 0.25) is 15.9 Å². The monoisotopic (exact) mass is 496 g/mol. The minimum Gasteiger partial charge on any atom is -0.457 e. The molecule has 0 spiro atoms. The van der Waals surface area contributed by atoms with Crippen molar-refractivity contribution in [1.82, 2.24) is 9.71 Å². The van der Waals surface area contributed by atoms with E-state index in [2.05, 4.69) is 14.7 Å². The number of aliphatic imine (C=N–C) groups is 1. The zero-order chi connectivity index (χ0) is 25.4. The number of nitrogens with zero attached hydrogens (tertiary/aromatic N) is 2. The van der Waals surface area contributed by atoms with Gasteiger partial charge in [-0.2, -0.15) is 0 Å². The minimum absolute atomic E-state index is 0.187. The number of amidine groups is 1. The van der Waals surface area contributed by atoms with Gasteiger partial charge in [0, 0.05) is 23.5 Å². The molecule has 4 rings (SSSR count). The molecule has 1 amide bonds. The lowest BCUT2D eigenvalue weighted by atomic mass is 9.95. The summed E-state index contributed by atoms with van der Waals surface area (Å²) in [5.74, 6) is -1.02. The van der Waals surface area contributed by atoms with Gasteiger partial charge in [0.15, 0.2) is 0 Å². The predicted molar refractivity (Wildman–Crippen MR) is 130 cm³/mol. The normalized spacial score (nSPS) is 20.5. The number of sulfonamides is 1. The molecule has 2 aromatic carbocycles. The molecule has 1 aromatic heterocycles. The fraction of sp³-hybridized carbons (Fsp3) is 0.240. The molecule has 2 heterocycles. The van der Waals surface area contributed by atoms with Crippen LogP contribution in [0.4, 0.5) is 4.39 Å². The molecule has 1 aliphatic rings. The van der Waals surface area contributed by atoms with E-state index in [0.29, 0.717) is 16.7 Å². The van der Waals surface area contributed by atoms with E-state index in [1.807, 2.05) is 0 Å². The van der Waals surface area contributed by atoms with Gasteiger partial charge in [0.25, 0.3) is 6.02 Å². The van der Waals surface area contributed by atoms with Crippen LogP contribution in [0.3, 0.4) is 0 Å². The molecule has 1 fully saturated rings. The molecule has 0 radical (unpaired) electrons. The van der Waals surface area contributed by atoms with E-state index in [1.54, 1.807) is 75.5 Å². The number of nitrogens with two attached hydrogens (primary N) is 1. The topological polar surface area (TPSA) is 124 Å². The summed E-state index contributed by atoms with van der Waals surface area (Å²) in [4.78, 5) is 19.8. The molecule has 8 nitrogen and oxygen atoms in total. The van der Waals surface area contributed by atoms with Crippen LogP contribution in [0.5, 0.6) is 0 Å². The number of carbonyl (C=O) groups excluding carboxylic acids is 1. The number of hydrogen-bond donors (Lipinski definition) is 2. The Morgan fingerprint density at radius 2 is 1.83 bits per heavy atom. The quantitative estimate of drug-likeness (QED) is 0.555. The van der Waals surface area contributed by atoms with Gasteiger partial charge >= 0.3 is 0 Å². The largest absolute Gasteiger partial charge is 0.457 e. The first kappa shape index (κ1) is 24.3. The third kappa shape index (κ3) is 5.02. The highest BCUT2D eigenvalue weighted by Gasteiger charge is 2.48. The van der Waals surface area contributed by atoms with Crippen molar-refractivity contribution in [2.45, 2.75) is 37.7 Å². The SMILES string of the molecule is C[C@H](N=C1NS(=O)(=O)[C@@H](c2ccc(-c3cncc(C(N)=O)c3)cc2)C(C)(C)O1)c1ccccc1F. The van der Waals surface area contributed by atoms with Gasteiger partial charge in [0.05, 0.1) is 11.6 Å². The van der Waals surface area contributed by atoms with Crippen LogP contribution in [0.2, 0.25) is 0 Å². The van der Waals surface area contributed by atoms with Gasteiger partial charge in [-0.3, -0.25) is 9.78 Å². The molecular weight excluding hydrogens is 471 g/mol. The Hall–Kier alpha value is -3.79. The molecule has 0 bridgehead atoms. The summed E-state index contributed by atoms with van der Waals surface area (Å²) in [6.45, 7) is 4.98. The van der Waals surface area contributed by atoms with E-state index < -0.39 is 38.6 Å². The Morgan fingerprint density at radius 1 is 1.14 bits per heavy atom. The van der Waals surface area contributed by atoms with Gasteiger partial charge in [0.1, 0.15) is 16.7 Å². The number of halogens is 1. The summed E-state index contributed by atoms with van der Waals surface area (Å²) in [6.07, 6.45) is 2.97. The highest BCUT2D eigenvalue weighted by atomic mass is 32.2. The van der Waals surface area contributed by atoms with Crippen molar-refractivity contribution in [3.63, 3.8) is 0 Å². The number of benzene rings is 2. The lowest BCUT2D eigenvalue weighted by Gasteiger charge is -2.39. The van der Waals surface area contributed by atoms with Gasteiger partial charge < -0.3 is 10.5 Å². The second-order valence-corrected chi connectivity index (χ2v) is 10.6. The first-order chi connectivity index (χ1) is 16.5. The number of hydrogen-bond acceptors (Lipinski definition) is 6. The van der Waals surface area contributed by atoms with Crippen LogP contribution < -0.4 is 10.5 Å². The maximum absolute atomic E-state index is 14.1. The van der Waals surface area contributed by atoms with Crippen LogP contribution in [0.15, 0.2) is 72.0 Å². The molecule has 35 heavy (non-hydrogen) atoms. The maximum atomic E-state index is 14.1. The zero-order valence-electron chi connectivity index (χ0n) is 19.4. The number of pyridine rings is 1. The number of aromatic nitrogens is 1. The number of rotatable bonds is 5. The fourth-order valence-corrected chi connectivity index (χ4v) is 5.92. The molecule has 3 aromatic rings. The molecule has 182 valence electrons. The van der Waals surface area contributed by atoms with Crippen molar-refractivity contribution >= 4 is 22.0 Å². The smallest absolute Gasteiger partial charge is 0.299 e. The lowest BCUT2D eigenvalue weighted by Crippen LogP contribution is -2.53. The Morgan fingerprint density at radius 3 is 2.46 bits per heavy atom. The molecule has 0 aliphatic carbocycles. The summed E-state index contributed by atoms with van der Waals surface area (Å²) in [7, 11) is -3.94. The van der Waals surface area contributed by atoms with Crippen LogP contribution in [0.25, 0.3) is 11.1 Å². The summed E-state index contributed by atoms with van der Waals surface area (Å²) < 4.78 is 49.0. The standard InChI is InChI=1S/C25H25FN4O4S/c1-15(20-6-4-5-7-21(20)26)29-24-30-35(32,33)22(25(2,3)34-24)17-10-8-16(9-11-17)18-12-19(23(27)31)14-28-13-18/h4-15,22H,1-3H3,(H2,27,31)(H,29,30)/t15-,22-/m0/s1. The molecule has 0 unspecified atom stereocenters. The van der Waals surface area contributed by atoms with Gasteiger partial charge in [-0.15, -0.1) is 0 Å². The van der Waals surface area contributed by atoms with Crippen LogP contribution in [0, 0.1) is 5.82 Å². The van der Waals surface area contributed by atoms with Crippen molar-refractivity contribution in [2.75, 3.05) is 0 Å². The number of nitrogens with one attached hydrogen (secondary N) is 1. The first-order valence-corrected chi connectivity index (χ1v) is 12.4. The maximum Gasteiger partial charge on any atom is 0.299 e. The second-order valence-electron chi connectivity index (χ2n) is 8.81. The molecular formula is C25H25FN4O4S. The van der Waals surface area contributed by atoms with Gasteiger partial charge in [-0.05, 0) is 44.0 Å². The van der Waals surface area contributed by atoms with Crippen molar-refractivity contribution in [3.8, 4) is 11.1 Å². The molecule has 2 atom stereocenters.